The van der Waals surface area contributed by atoms with Crippen molar-refractivity contribution in [3.05, 3.63) is 48.7 Å². The monoisotopic (exact) mass is 202 g/mol. The molecule has 0 aliphatic carbocycles. The molecule has 14 heavy (non-hydrogen) atoms. The fourth-order valence-electron chi connectivity index (χ4n) is 1.07. The van der Waals surface area contributed by atoms with Crippen LogP contribution in [0.5, 0.6) is 5.88 Å². The predicted octanol–water partition coefficient (Wildman–Crippen LogP) is 3.38. The van der Waals surface area contributed by atoms with Gasteiger partial charge in [0.25, 0.3) is 5.88 Å². The van der Waals surface area contributed by atoms with Gasteiger partial charge in [0, 0.05) is 11.1 Å². The Labute approximate surface area is 86.6 Å². The molecule has 0 aliphatic heterocycles. The van der Waals surface area contributed by atoms with Crippen LogP contribution in [0.3, 0.4) is 0 Å². The van der Waals surface area contributed by atoms with E-state index in [1.165, 1.54) is 18.0 Å². The van der Waals surface area contributed by atoms with Gasteiger partial charge in [0.05, 0.1) is 4.90 Å². The molecule has 0 bridgehead atoms. The SMILES string of the molecule is [O]c1ncccc1Sc1ccccc1. The Morgan fingerprint density at radius 3 is 2.50 bits per heavy atom. The van der Waals surface area contributed by atoms with E-state index < -0.39 is 0 Å². The Morgan fingerprint density at radius 2 is 1.79 bits per heavy atom. The van der Waals surface area contributed by atoms with Crippen LogP contribution in [0.25, 0.3) is 0 Å². The lowest BCUT2D eigenvalue weighted by Crippen LogP contribution is -1.76. The largest absolute Gasteiger partial charge is 0.283 e. The van der Waals surface area contributed by atoms with Gasteiger partial charge in [0.1, 0.15) is 0 Å². The molecule has 2 aromatic rings. The Hall–Kier alpha value is -1.48. The van der Waals surface area contributed by atoms with Crippen LogP contribution in [0.4, 0.5) is 0 Å². The van der Waals surface area contributed by atoms with E-state index in [2.05, 4.69) is 4.98 Å². The highest BCUT2D eigenvalue weighted by atomic mass is 32.2. The van der Waals surface area contributed by atoms with Crippen molar-refractivity contribution >= 4 is 11.8 Å². The van der Waals surface area contributed by atoms with Crippen LogP contribution in [-0.2, 0) is 5.11 Å². The zero-order valence-corrected chi connectivity index (χ0v) is 8.20. The second kappa shape index (κ2) is 4.15. The number of hydrogen-bond donors (Lipinski definition) is 0. The summed E-state index contributed by atoms with van der Waals surface area (Å²) in [6.07, 6.45) is 1.51. The Bertz CT molecular complexity index is 417. The van der Waals surface area contributed by atoms with Crippen molar-refractivity contribution < 1.29 is 5.11 Å². The zero-order valence-electron chi connectivity index (χ0n) is 7.38. The van der Waals surface area contributed by atoms with E-state index >= 15 is 0 Å². The van der Waals surface area contributed by atoms with Gasteiger partial charge in [-0.25, -0.2) is 4.98 Å². The van der Waals surface area contributed by atoms with Crippen molar-refractivity contribution in [2.24, 2.45) is 0 Å². The molecule has 0 fully saturated rings. The molecule has 1 aromatic heterocycles. The summed E-state index contributed by atoms with van der Waals surface area (Å²) >= 11 is 1.44. The Balaban J connectivity index is 2.24. The molecule has 0 amide bonds. The fourth-order valence-corrected chi connectivity index (χ4v) is 1.90. The van der Waals surface area contributed by atoms with Crippen LogP contribution in [0.2, 0.25) is 0 Å². The van der Waals surface area contributed by atoms with Gasteiger partial charge in [-0.3, -0.25) is 5.11 Å². The summed E-state index contributed by atoms with van der Waals surface area (Å²) < 4.78 is 0. The zero-order chi connectivity index (χ0) is 9.80. The van der Waals surface area contributed by atoms with Crippen LogP contribution in [0, 0.1) is 0 Å². The summed E-state index contributed by atoms with van der Waals surface area (Å²) in [5.74, 6) is -0.165. The van der Waals surface area contributed by atoms with E-state index in [9.17, 15) is 5.11 Å². The minimum absolute atomic E-state index is 0.165. The summed E-state index contributed by atoms with van der Waals surface area (Å²) in [5.41, 5.74) is 0. The highest BCUT2D eigenvalue weighted by Gasteiger charge is 2.04. The van der Waals surface area contributed by atoms with Crippen LogP contribution in [0.1, 0.15) is 0 Å². The van der Waals surface area contributed by atoms with Gasteiger partial charge in [-0.2, -0.15) is 0 Å². The third kappa shape index (κ3) is 2.06. The fraction of sp³-hybridized carbons (Fsp3) is 0. The first-order valence-corrected chi connectivity index (χ1v) is 5.03. The molecule has 0 unspecified atom stereocenters. The lowest BCUT2D eigenvalue weighted by Gasteiger charge is -2.00. The van der Waals surface area contributed by atoms with E-state index in [1.54, 1.807) is 12.1 Å². The summed E-state index contributed by atoms with van der Waals surface area (Å²) in [6, 6.07) is 13.3. The van der Waals surface area contributed by atoms with Crippen molar-refractivity contribution in [2.75, 3.05) is 0 Å². The first-order chi connectivity index (χ1) is 6.86. The van der Waals surface area contributed by atoms with Gasteiger partial charge in [-0.05, 0) is 24.3 Å². The third-order valence-corrected chi connectivity index (χ3v) is 2.75. The molecule has 0 atom stereocenters. The van der Waals surface area contributed by atoms with Crippen molar-refractivity contribution in [1.82, 2.24) is 4.98 Å². The van der Waals surface area contributed by atoms with E-state index in [0.717, 1.165) is 4.90 Å². The summed E-state index contributed by atoms with van der Waals surface area (Å²) in [6.45, 7) is 0. The van der Waals surface area contributed by atoms with Gasteiger partial charge in [0.2, 0.25) is 0 Å². The van der Waals surface area contributed by atoms with Gasteiger partial charge in [-0.15, -0.1) is 0 Å². The van der Waals surface area contributed by atoms with Crippen molar-refractivity contribution in [1.29, 1.82) is 0 Å². The van der Waals surface area contributed by atoms with Crippen molar-refractivity contribution in [2.45, 2.75) is 9.79 Å². The molecule has 1 aromatic carbocycles. The first-order valence-electron chi connectivity index (χ1n) is 4.21. The maximum atomic E-state index is 11.3. The number of aromatic nitrogens is 1. The molecule has 3 heteroatoms. The molecule has 0 aliphatic rings. The number of nitrogens with zero attached hydrogens (tertiary/aromatic N) is 1. The second-order valence-corrected chi connectivity index (χ2v) is 3.84. The normalized spacial score (nSPS) is 10.0. The topological polar surface area (TPSA) is 32.8 Å². The Morgan fingerprint density at radius 1 is 1.00 bits per heavy atom. The van der Waals surface area contributed by atoms with Crippen LogP contribution in [-0.4, -0.2) is 4.98 Å². The minimum Gasteiger partial charge on any atom is -0.266 e. The first kappa shape index (κ1) is 9.09. The predicted molar refractivity (Wildman–Crippen MR) is 54.9 cm³/mol. The molecule has 2 rings (SSSR count). The highest BCUT2D eigenvalue weighted by molar-refractivity contribution is 7.99. The second-order valence-electron chi connectivity index (χ2n) is 2.72. The molecular weight excluding hydrogens is 194 g/mol. The number of benzene rings is 1. The van der Waals surface area contributed by atoms with Crippen LogP contribution >= 0.6 is 11.8 Å². The standard InChI is InChI=1S/C11H8NOS/c13-11-10(7-4-8-12-11)14-9-5-2-1-3-6-9/h1-8H. The van der Waals surface area contributed by atoms with Crippen molar-refractivity contribution in [3.63, 3.8) is 0 Å². The van der Waals surface area contributed by atoms with Crippen LogP contribution < -0.4 is 0 Å². The van der Waals surface area contributed by atoms with E-state index in [0.29, 0.717) is 4.90 Å². The lowest BCUT2D eigenvalue weighted by atomic mass is 10.4. The average Bonchev–Trinajstić information content (AvgIpc) is 2.23. The van der Waals surface area contributed by atoms with E-state index in [4.69, 9.17) is 0 Å². The molecule has 2 nitrogen and oxygen atoms in total. The van der Waals surface area contributed by atoms with Crippen LogP contribution in [0.15, 0.2) is 58.5 Å². The maximum Gasteiger partial charge on any atom is 0.283 e. The van der Waals surface area contributed by atoms with E-state index in [-0.39, 0.29) is 5.88 Å². The molecular formula is C11H8NOS. The van der Waals surface area contributed by atoms with Crippen molar-refractivity contribution in [3.8, 4) is 5.88 Å². The number of pyridine rings is 1. The quantitative estimate of drug-likeness (QED) is 0.747. The molecule has 0 saturated heterocycles. The smallest absolute Gasteiger partial charge is 0.266 e. The van der Waals surface area contributed by atoms with Gasteiger partial charge in [-0.1, -0.05) is 30.0 Å². The van der Waals surface area contributed by atoms with Gasteiger partial charge < -0.3 is 0 Å². The Kier molecular flexibility index (Phi) is 2.70. The van der Waals surface area contributed by atoms with E-state index in [1.807, 2.05) is 30.3 Å². The van der Waals surface area contributed by atoms with Gasteiger partial charge in [0.15, 0.2) is 0 Å². The number of hydrogen-bond acceptors (Lipinski definition) is 2. The van der Waals surface area contributed by atoms with Gasteiger partial charge >= 0.3 is 0 Å². The molecule has 1 heterocycles. The molecule has 1 radical (unpaired) electrons. The lowest BCUT2D eigenvalue weighted by molar-refractivity contribution is 0.326. The highest BCUT2D eigenvalue weighted by Crippen LogP contribution is 2.32. The number of rotatable bonds is 2. The molecule has 69 valence electrons. The third-order valence-electron chi connectivity index (χ3n) is 1.71. The maximum absolute atomic E-state index is 11.3. The summed E-state index contributed by atoms with van der Waals surface area (Å²) in [5, 5.41) is 11.3. The molecule has 0 N–H and O–H groups in total. The summed E-state index contributed by atoms with van der Waals surface area (Å²) in [4.78, 5) is 5.42. The average molecular weight is 202 g/mol. The minimum atomic E-state index is -0.165. The molecule has 0 saturated carbocycles. The summed E-state index contributed by atoms with van der Waals surface area (Å²) in [7, 11) is 0. The molecule has 0 spiro atoms.